The number of aryl methyl sites for hydroxylation is 1. The molecule has 2 aromatic rings. The molecule has 1 fully saturated rings. The van der Waals surface area contributed by atoms with E-state index in [-0.39, 0.29) is 12.0 Å². The molecule has 1 atom stereocenters. The maximum Gasteiger partial charge on any atom is 0.257 e. The molecule has 0 radical (unpaired) electrons. The minimum absolute atomic E-state index is 0.0216. The Morgan fingerprint density at radius 2 is 2.14 bits per heavy atom. The van der Waals surface area contributed by atoms with Crippen LogP contribution < -0.4 is 0 Å². The Morgan fingerprint density at radius 1 is 1.41 bits per heavy atom. The van der Waals surface area contributed by atoms with E-state index in [0.29, 0.717) is 30.9 Å². The van der Waals surface area contributed by atoms with Crippen molar-refractivity contribution in [2.75, 3.05) is 32.7 Å². The van der Waals surface area contributed by atoms with E-state index in [2.05, 4.69) is 15.0 Å². The van der Waals surface area contributed by atoms with Gasteiger partial charge in [0.25, 0.3) is 11.6 Å². The lowest BCUT2D eigenvalue weighted by molar-refractivity contribution is 0.0554. The third kappa shape index (κ3) is 2.95. The second-order valence-corrected chi connectivity index (χ2v) is 5.79. The van der Waals surface area contributed by atoms with Crippen LogP contribution >= 0.6 is 0 Å². The van der Waals surface area contributed by atoms with Crippen molar-refractivity contribution < 1.29 is 14.4 Å². The number of aliphatic hydroxyl groups is 1. The van der Waals surface area contributed by atoms with Crippen LogP contribution in [0.2, 0.25) is 0 Å². The highest BCUT2D eigenvalue weighted by atomic mass is 16.5. The molecule has 2 aromatic heterocycles. The molecular weight excluding hydrogens is 284 g/mol. The lowest BCUT2D eigenvalue weighted by Gasteiger charge is -2.35. The number of pyridine rings is 1. The van der Waals surface area contributed by atoms with Crippen LogP contribution in [0.5, 0.6) is 0 Å². The van der Waals surface area contributed by atoms with Gasteiger partial charge in [0, 0.05) is 38.9 Å². The molecule has 22 heavy (non-hydrogen) atoms. The van der Waals surface area contributed by atoms with Crippen molar-refractivity contribution in [3.63, 3.8) is 0 Å². The van der Waals surface area contributed by atoms with Gasteiger partial charge in [0.1, 0.15) is 0 Å². The SMILES string of the molecule is Cc1noc2ncc(C(=O)N3CCN(C[C@@H](C)O)CC3)cc12. The fourth-order valence-electron chi connectivity index (χ4n) is 2.75. The number of carbonyl (C=O) groups excluding carboxylic acids is 1. The number of carbonyl (C=O) groups is 1. The van der Waals surface area contributed by atoms with Crippen molar-refractivity contribution in [1.82, 2.24) is 19.9 Å². The zero-order valence-electron chi connectivity index (χ0n) is 12.8. The van der Waals surface area contributed by atoms with Crippen LogP contribution in [0.15, 0.2) is 16.8 Å². The first-order valence-corrected chi connectivity index (χ1v) is 7.46. The van der Waals surface area contributed by atoms with E-state index in [1.165, 1.54) is 6.20 Å². The highest BCUT2D eigenvalue weighted by molar-refractivity contribution is 5.97. The van der Waals surface area contributed by atoms with Gasteiger partial charge in [-0.2, -0.15) is 0 Å². The van der Waals surface area contributed by atoms with Crippen molar-refractivity contribution in [1.29, 1.82) is 0 Å². The molecule has 0 bridgehead atoms. The summed E-state index contributed by atoms with van der Waals surface area (Å²) in [4.78, 5) is 20.7. The number of β-amino-alcohol motifs (C(OH)–C–C–N with tert-alkyl or cyclic N) is 1. The number of nitrogens with zero attached hydrogens (tertiary/aromatic N) is 4. The summed E-state index contributed by atoms with van der Waals surface area (Å²) in [6.45, 7) is 7.13. The normalized spacial score (nSPS) is 17.9. The Balaban J connectivity index is 1.69. The summed E-state index contributed by atoms with van der Waals surface area (Å²) in [6, 6.07) is 1.79. The molecule has 3 heterocycles. The summed E-state index contributed by atoms with van der Waals surface area (Å²) in [7, 11) is 0. The molecule has 0 aliphatic carbocycles. The number of aliphatic hydroxyl groups excluding tert-OH is 1. The summed E-state index contributed by atoms with van der Waals surface area (Å²) in [5.74, 6) is -0.0216. The predicted octanol–water partition coefficient (Wildman–Crippen LogP) is 0.670. The molecule has 3 rings (SSSR count). The van der Waals surface area contributed by atoms with E-state index in [0.717, 1.165) is 24.2 Å². The number of piperazine rings is 1. The van der Waals surface area contributed by atoms with Crippen LogP contribution in [0, 0.1) is 6.92 Å². The molecule has 1 saturated heterocycles. The Labute approximate surface area is 128 Å². The summed E-state index contributed by atoms with van der Waals surface area (Å²) < 4.78 is 5.06. The van der Waals surface area contributed by atoms with Crippen molar-refractivity contribution in [2.24, 2.45) is 0 Å². The second-order valence-electron chi connectivity index (χ2n) is 5.79. The highest BCUT2D eigenvalue weighted by Gasteiger charge is 2.23. The Kier molecular flexibility index (Phi) is 4.08. The average molecular weight is 304 g/mol. The average Bonchev–Trinajstić information content (AvgIpc) is 2.88. The third-order valence-corrected chi connectivity index (χ3v) is 3.94. The Morgan fingerprint density at radius 3 is 2.82 bits per heavy atom. The predicted molar refractivity (Wildman–Crippen MR) is 80.6 cm³/mol. The number of rotatable bonds is 3. The van der Waals surface area contributed by atoms with Gasteiger partial charge in [0.2, 0.25) is 0 Å². The molecular formula is C15H20N4O3. The van der Waals surface area contributed by atoms with Gasteiger partial charge in [-0.15, -0.1) is 0 Å². The first-order valence-electron chi connectivity index (χ1n) is 7.46. The first kappa shape index (κ1) is 14.9. The van der Waals surface area contributed by atoms with Crippen LogP contribution in [-0.4, -0.2) is 69.8 Å². The zero-order valence-corrected chi connectivity index (χ0v) is 12.8. The molecule has 0 spiro atoms. The van der Waals surface area contributed by atoms with Crippen LogP contribution in [-0.2, 0) is 0 Å². The number of amides is 1. The van der Waals surface area contributed by atoms with Crippen LogP contribution in [0.4, 0.5) is 0 Å². The third-order valence-electron chi connectivity index (χ3n) is 3.94. The Bertz CT molecular complexity index is 674. The Hall–Kier alpha value is -1.99. The molecule has 118 valence electrons. The van der Waals surface area contributed by atoms with Gasteiger partial charge in [0.15, 0.2) is 0 Å². The molecule has 0 unspecified atom stereocenters. The largest absolute Gasteiger partial charge is 0.392 e. The fraction of sp³-hybridized carbons (Fsp3) is 0.533. The smallest absolute Gasteiger partial charge is 0.257 e. The summed E-state index contributed by atoms with van der Waals surface area (Å²) in [6.07, 6.45) is 1.20. The van der Waals surface area contributed by atoms with Crippen LogP contribution in [0.3, 0.4) is 0 Å². The molecule has 1 aliphatic rings. The van der Waals surface area contributed by atoms with Gasteiger partial charge in [-0.3, -0.25) is 9.69 Å². The first-order chi connectivity index (χ1) is 10.5. The minimum atomic E-state index is -0.342. The molecule has 0 saturated carbocycles. The fourth-order valence-corrected chi connectivity index (χ4v) is 2.75. The van der Waals surface area contributed by atoms with E-state index in [9.17, 15) is 9.90 Å². The van der Waals surface area contributed by atoms with E-state index in [4.69, 9.17) is 4.52 Å². The monoisotopic (exact) mass is 304 g/mol. The van der Waals surface area contributed by atoms with E-state index < -0.39 is 0 Å². The number of aromatic nitrogens is 2. The standard InChI is InChI=1S/C15H20N4O3/c1-10(20)9-18-3-5-19(6-4-18)15(21)12-7-13-11(2)17-22-14(13)16-8-12/h7-8,10,20H,3-6,9H2,1-2H3/t10-/m1/s1. The van der Waals surface area contributed by atoms with Gasteiger partial charge in [0.05, 0.1) is 22.7 Å². The van der Waals surface area contributed by atoms with Crippen LogP contribution in [0.25, 0.3) is 11.1 Å². The number of fused-ring (bicyclic) bond motifs is 1. The summed E-state index contributed by atoms with van der Waals surface area (Å²) >= 11 is 0. The molecule has 7 heteroatoms. The maximum absolute atomic E-state index is 12.6. The zero-order chi connectivity index (χ0) is 15.7. The number of hydrogen-bond acceptors (Lipinski definition) is 6. The van der Waals surface area contributed by atoms with Crippen LogP contribution in [0.1, 0.15) is 23.0 Å². The topological polar surface area (TPSA) is 82.7 Å². The van der Waals surface area contributed by atoms with Crippen molar-refractivity contribution >= 4 is 17.0 Å². The maximum atomic E-state index is 12.6. The molecule has 1 aliphatic heterocycles. The number of hydrogen-bond donors (Lipinski definition) is 1. The van der Waals surface area contributed by atoms with E-state index in [1.54, 1.807) is 13.0 Å². The van der Waals surface area contributed by atoms with Crippen molar-refractivity contribution in [3.05, 3.63) is 23.5 Å². The second kappa shape index (κ2) is 6.02. The highest BCUT2D eigenvalue weighted by Crippen LogP contribution is 2.18. The van der Waals surface area contributed by atoms with Crippen molar-refractivity contribution in [3.8, 4) is 0 Å². The van der Waals surface area contributed by atoms with Gasteiger partial charge >= 0.3 is 0 Å². The van der Waals surface area contributed by atoms with E-state index >= 15 is 0 Å². The quantitative estimate of drug-likeness (QED) is 0.897. The minimum Gasteiger partial charge on any atom is -0.392 e. The molecule has 0 aromatic carbocycles. The molecule has 1 amide bonds. The lowest BCUT2D eigenvalue weighted by Crippen LogP contribution is -2.50. The summed E-state index contributed by atoms with van der Waals surface area (Å²) in [5.41, 5.74) is 1.75. The van der Waals surface area contributed by atoms with Gasteiger partial charge in [-0.25, -0.2) is 4.98 Å². The van der Waals surface area contributed by atoms with Crippen molar-refractivity contribution in [2.45, 2.75) is 20.0 Å². The van der Waals surface area contributed by atoms with Gasteiger partial charge in [-0.05, 0) is 19.9 Å². The van der Waals surface area contributed by atoms with Gasteiger partial charge in [-0.1, -0.05) is 5.16 Å². The lowest BCUT2D eigenvalue weighted by atomic mass is 10.1. The van der Waals surface area contributed by atoms with Gasteiger partial charge < -0.3 is 14.5 Å². The molecule has 1 N–H and O–H groups in total. The van der Waals surface area contributed by atoms with E-state index in [1.807, 2.05) is 11.8 Å². The molecule has 7 nitrogen and oxygen atoms in total. The summed E-state index contributed by atoms with van der Waals surface area (Å²) in [5, 5.41) is 14.0.